The molecule has 0 radical (unpaired) electrons. The number of hydrogen-bond acceptors (Lipinski definition) is 1. The van der Waals surface area contributed by atoms with Gasteiger partial charge < -0.3 is 9.21 Å². The van der Waals surface area contributed by atoms with E-state index >= 15 is 0 Å². The van der Waals surface area contributed by atoms with Gasteiger partial charge in [-0.15, -0.1) is 0 Å². The van der Waals surface area contributed by atoms with Gasteiger partial charge in [0.15, 0.2) is 0 Å². The molecular weight excluding hydrogens is 139 g/mol. The lowest BCUT2D eigenvalue weighted by molar-refractivity contribution is -0.136. The molecule has 1 unspecified atom stereocenters. The third-order valence-electron chi connectivity index (χ3n) is 1.40. The molecule has 0 aliphatic carbocycles. The Morgan fingerprint density at radius 2 is 2.00 bits per heavy atom. The Morgan fingerprint density at radius 3 is 2.00 bits per heavy atom. The minimum atomic E-state index is -2.92. The number of carboxylic acids is 1. The molecule has 0 fully saturated rings. The third kappa shape index (κ3) is 2.60. The van der Waals surface area contributed by atoms with Gasteiger partial charge in [0.2, 0.25) is 0 Å². The summed E-state index contributed by atoms with van der Waals surface area (Å²) in [7, 11) is -2.92. The molecule has 0 aliphatic rings. The summed E-state index contributed by atoms with van der Waals surface area (Å²) < 4.78 is 12.8. The smallest absolute Gasteiger partial charge is 0.306 e. The fourth-order valence-corrected chi connectivity index (χ4v) is 0.881. The highest BCUT2D eigenvalue weighted by Gasteiger charge is 2.34. The average Bonchev–Trinajstić information content (AvgIpc) is 1.62. The Kier molecular flexibility index (Phi) is 2.37. The fourth-order valence-electron chi connectivity index (χ4n) is 0.294. The van der Waals surface area contributed by atoms with Gasteiger partial charge in [-0.2, -0.15) is 0 Å². The molecule has 0 heterocycles. The van der Waals surface area contributed by atoms with Crippen LogP contribution in [0.15, 0.2) is 0 Å². The van der Waals surface area contributed by atoms with Crippen molar-refractivity contribution in [1.29, 1.82) is 0 Å². The summed E-state index contributed by atoms with van der Waals surface area (Å²) in [5, 5.41) is 8.31. The maximum absolute atomic E-state index is 12.8. The van der Waals surface area contributed by atoms with E-state index in [4.69, 9.17) is 5.11 Å². The van der Waals surface area contributed by atoms with Crippen LogP contribution in [0.5, 0.6) is 0 Å². The molecule has 0 saturated heterocycles. The van der Waals surface area contributed by atoms with Gasteiger partial charge in [0.05, 0.1) is 5.54 Å². The van der Waals surface area contributed by atoms with Crippen molar-refractivity contribution >= 4 is 14.4 Å². The second-order valence-electron chi connectivity index (χ2n) is 2.62. The van der Waals surface area contributed by atoms with Gasteiger partial charge in [-0.1, -0.05) is 6.92 Å². The quantitative estimate of drug-likeness (QED) is 0.480. The summed E-state index contributed by atoms with van der Waals surface area (Å²) in [5.41, 5.74) is -0.794. The first-order valence-electron chi connectivity index (χ1n) is 2.77. The van der Waals surface area contributed by atoms with Crippen molar-refractivity contribution in [2.75, 3.05) is 0 Å². The normalized spacial score (nSPS) is 15.1. The zero-order valence-corrected chi connectivity index (χ0v) is 6.81. The molecule has 0 aromatic rings. The van der Waals surface area contributed by atoms with Crippen molar-refractivity contribution in [2.45, 2.75) is 25.6 Å². The fraction of sp³-hybridized carbons (Fsp3) is 0.800. The van der Waals surface area contributed by atoms with Gasteiger partial charge in [-0.25, -0.2) is 0 Å². The zero-order chi connectivity index (χ0) is 7.65. The van der Waals surface area contributed by atoms with Crippen LogP contribution in [0, 0.1) is 0 Å². The largest absolute Gasteiger partial charge is 0.481 e. The highest BCUT2D eigenvalue weighted by Crippen LogP contribution is 2.21. The topological polar surface area (TPSA) is 37.3 Å². The first-order valence-corrected chi connectivity index (χ1v) is 5.73. The second kappa shape index (κ2) is 2.47. The summed E-state index contributed by atoms with van der Waals surface area (Å²) in [6, 6.07) is 0. The van der Waals surface area contributed by atoms with Crippen LogP contribution in [0.1, 0.15) is 6.92 Å². The molecule has 0 rings (SSSR count). The monoisotopic (exact) mass is 150 g/mol. The highest BCUT2D eigenvalue weighted by molar-refractivity contribution is 6.74. The van der Waals surface area contributed by atoms with E-state index in [1.165, 1.54) is 20.0 Å². The number of rotatable bonds is 2. The molecular formula is C5H11FO2Si. The Morgan fingerprint density at radius 1 is 1.67 bits per heavy atom. The van der Waals surface area contributed by atoms with Crippen molar-refractivity contribution in [3.05, 3.63) is 0 Å². The summed E-state index contributed by atoms with van der Waals surface area (Å²) in [5.74, 6) is -1.03. The zero-order valence-electron chi connectivity index (χ0n) is 5.81. The Bertz CT molecular complexity index is 119. The van der Waals surface area contributed by atoms with Crippen LogP contribution in [0.25, 0.3) is 0 Å². The Balaban J connectivity index is 4.04. The van der Waals surface area contributed by atoms with E-state index in [9.17, 15) is 8.90 Å². The van der Waals surface area contributed by atoms with Crippen LogP contribution >= 0.6 is 0 Å². The van der Waals surface area contributed by atoms with E-state index in [2.05, 4.69) is 0 Å². The molecule has 54 valence electrons. The summed E-state index contributed by atoms with van der Waals surface area (Å²) in [6.45, 7) is 4.20. The van der Waals surface area contributed by atoms with Crippen LogP contribution in [-0.4, -0.2) is 19.5 Å². The Hall–Kier alpha value is -0.383. The third-order valence-corrected chi connectivity index (χ3v) is 3.71. The van der Waals surface area contributed by atoms with Crippen LogP contribution < -0.4 is 0 Å². The standard InChI is InChI=1S/C5H11FO2Si/c1-4(5(7)8)9(2,3)6/h4H,1-3H3,(H,7,8). The van der Waals surface area contributed by atoms with Crippen LogP contribution in [0.4, 0.5) is 4.11 Å². The lowest BCUT2D eigenvalue weighted by Crippen LogP contribution is -2.30. The first kappa shape index (κ1) is 8.62. The van der Waals surface area contributed by atoms with Gasteiger partial charge in [-0.05, 0) is 13.1 Å². The van der Waals surface area contributed by atoms with Gasteiger partial charge in [0, 0.05) is 0 Å². The van der Waals surface area contributed by atoms with E-state index in [0.29, 0.717) is 0 Å². The number of hydrogen-bond donors (Lipinski definition) is 1. The van der Waals surface area contributed by atoms with Crippen molar-refractivity contribution in [3.8, 4) is 0 Å². The van der Waals surface area contributed by atoms with Gasteiger partial charge in [-0.3, -0.25) is 4.79 Å². The molecule has 1 atom stereocenters. The first-order chi connectivity index (χ1) is 3.85. The average molecular weight is 150 g/mol. The van der Waals surface area contributed by atoms with Crippen LogP contribution in [0.2, 0.25) is 18.6 Å². The maximum Gasteiger partial charge on any atom is 0.306 e. The number of carbonyl (C=O) groups is 1. The summed E-state index contributed by atoms with van der Waals surface area (Å²) in [6.07, 6.45) is 0. The molecule has 0 aromatic heterocycles. The molecule has 0 aromatic carbocycles. The van der Waals surface area contributed by atoms with Gasteiger partial charge in [0.1, 0.15) is 0 Å². The Labute approximate surface area is 54.9 Å². The van der Waals surface area contributed by atoms with Crippen molar-refractivity contribution in [2.24, 2.45) is 0 Å². The molecule has 0 spiro atoms. The summed E-state index contributed by atoms with van der Waals surface area (Å²) in [4.78, 5) is 10.1. The molecule has 0 aliphatic heterocycles. The van der Waals surface area contributed by atoms with Gasteiger partial charge in [0.25, 0.3) is 8.41 Å². The minimum absolute atomic E-state index is 0.794. The van der Waals surface area contributed by atoms with Crippen LogP contribution in [-0.2, 0) is 4.79 Å². The molecule has 0 saturated carbocycles. The molecule has 9 heavy (non-hydrogen) atoms. The minimum Gasteiger partial charge on any atom is -0.481 e. The van der Waals surface area contributed by atoms with Crippen molar-refractivity contribution in [3.63, 3.8) is 0 Å². The number of aliphatic carboxylic acids is 1. The summed E-state index contributed by atoms with van der Waals surface area (Å²) >= 11 is 0. The molecule has 1 N–H and O–H groups in total. The molecule has 0 bridgehead atoms. The van der Waals surface area contributed by atoms with Crippen molar-refractivity contribution in [1.82, 2.24) is 0 Å². The predicted molar refractivity (Wildman–Crippen MR) is 35.6 cm³/mol. The van der Waals surface area contributed by atoms with E-state index < -0.39 is 19.9 Å². The van der Waals surface area contributed by atoms with E-state index in [0.717, 1.165) is 0 Å². The number of carboxylic acid groups (broad SMARTS) is 1. The van der Waals surface area contributed by atoms with E-state index in [-0.39, 0.29) is 0 Å². The van der Waals surface area contributed by atoms with Crippen LogP contribution in [0.3, 0.4) is 0 Å². The maximum atomic E-state index is 12.8. The molecule has 2 nitrogen and oxygen atoms in total. The lowest BCUT2D eigenvalue weighted by atomic mass is 10.5. The molecule has 0 amide bonds. The number of halogens is 1. The SMILES string of the molecule is CC(C(=O)O)[Si](C)(C)F. The van der Waals surface area contributed by atoms with Gasteiger partial charge >= 0.3 is 5.97 Å². The predicted octanol–water partition coefficient (Wildman–Crippen LogP) is 1.64. The highest BCUT2D eigenvalue weighted by atomic mass is 28.4. The van der Waals surface area contributed by atoms with Crippen molar-refractivity contribution < 1.29 is 14.0 Å². The lowest BCUT2D eigenvalue weighted by Gasteiger charge is -2.14. The van der Waals surface area contributed by atoms with E-state index in [1.807, 2.05) is 0 Å². The molecule has 4 heteroatoms. The second-order valence-corrected chi connectivity index (χ2v) is 6.62. The van der Waals surface area contributed by atoms with E-state index in [1.54, 1.807) is 0 Å².